The van der Waals surface area contributed by atoms with Gasteiger partial charge in [-0.2, -0.15) is 47.2 Å². The zero-order valence-corrected chi connectivity index (χ0v) is 39.7. The van der Waals surface area contributed by atoms with Crippen LogP contribution in [0.15, 0.2) is 131 Å². The number of carbonyl (C=O) groups is 1. The SMILES string of the molecule is O=C(Nc1cccc(S(=O)(=O)CCOS(=O)(=O)O)c1)c1ccc(N=Nc2cc3ccc(NCS(=O)(=O)O)c(N=Nc4ccc(S(=O)(=O)CCOS(=O)(=O)O)cc4S(=O)(=O)O)c3cc2S(=O)(=O)O)cc1. The molecule has 1 amide bonds. The van der Waals surface area contributed by atoms with Crippen LogP contribution in [-0.4, -0.2) is 118 Å². The van der Waals surface area contributed by atoms with E-state index in [1.54, 1.807) is 0 Å². The third-order valence-electron chi connectivity index (χ3n) is 8.64. The van der Waals surface area contributed by atoms with Crippen LogP contribution in [-0.2, 0) is 79.2 Å². The quantitative estimate of drug-likeness (QED) is 0.0405. The molecule has 69 heavy (non-hydrogen) atoms. The van der Waals surface area contributed by atoms with Crippen molar-refractivity contribution in [2.24, 2.45) is 20.5 Å². The lowest BCUT2D eigenvalue weighted by Crippen LogP contribution is -2.16. The van der Waals surface area contributed by atoms with E-state index >= 15 is 0 Å². The van der Waals surface area contributed by atoms with Gasteiger partial charge in [0.15, 0.2) is 19.7 Å². The zero-order chi connectivity index (χ0) is 51.4. The van der Waals surface area contributed by atoms with E-state index in [1.165, 1.54) is 48.5 Å². The summed E-state index contributed by atoms with van der Waals surface area (Å²) in [4.78, 5) is 9.74. The van der Waals surface area contributed by atoms with Crippen molar-refractivity contribution in [1.29, 1.82) is 0 Å². The fraction of sp³-hybridized carbons (Fsp3) is 0.147. The second-order valence-electron chi connectivity index (χ2n) is 13.6. The van der Waals surface area contributed by atoms with Crippen LogP contribution in [0.3, 0.4) is 0 Å². The van der Waals surface area contributed by atoms with Crippen molar-refractivity contribution >= 4 is 122 Å². The summed E-state index contributed by atoms with van der Waals surface area (Å²) >= 11 is 0. The molecular weight excluding hydrogens is 1070 g/mol. The van der Waals surface area contributed by atoms with Crippen molar-refractivity contribution in [2.45, 2.75) is 19.6 Å². The number of amides is 1. The number of nitrogens with zero attached hydrogens (tertiary/aromatic N) is 4. The third kappa shape index (κ3) is 15.6. The molecule has 28 nitrogen and oxygen atoms in total. The van der Waals surface area contributed by atoms with E-state index in [0.29, 0.717) is 6.07 Å². The highest BCUT2D eigenvalue weighted by molar-refractivity contribution is 7.92. The molecule has 5 rings (SSSR count). The summed E-state index contributed by atoms with van der Waals surface area (Å²) in [6, 6.07) is 16.1. The molecular formula is C34H32N6O22S7. The van der Waals surface area contributed by atoms with Gasteiger partial charge in [0.1, 0.15) is 32.7 Å². The predicted molar refractivity (Wildman–Crippen MR) is 238 cm³/mol. The Labute approximate surface area is 392 Å². The minimum Gasteiger partial charge on any atom is -0.368 e. The van der Waals surface area contributed by atoms with Gasteiger partial charge in [0.25, 0.3) is 36.3 Å². The van der Waals surface area contributed by atoms with Gasteiger partial charge in [-0.05, 0) is 84.2 Å². The van der Waals surface area contributed by atoms with Gasteiger partial charge in [-0.15, -0.1) is 15.3 Å². The van der Waals surface area contributed by atoms with Crippen molar-refractivity contribution in [3.8, 4) is 0 Å². The smallest absolute Gasteiger partial charge is 0.368 e. The van der Waals surface area contributed by atoms with Crippen LogP contribution >= 0.6 is 0 Å². The Balaban J connectivity index is 1.48. The van der Waals surface area contributed by atoms with Crippen molar-refractivity contribution in [3.63, 3.8) is 0 Å². The van der Waals surface area contributed by atoms with Crippen LogP contribution < -0.4 is 10.6 Å². The van der Waals surface area contributed by atoms with Gasteiger partial charge in [-0.25, -0.2) is 25.2 Å². The maximum Gasteiger partial charge on any atom is 0.397 e. The summed E-state index contributed by atoms with van der Waals surface area (Å²) in [6.07, 6.45) is 0. The summed E-state index contributed by atoms with van der Waals surface area (Å²) in [7, 11) is -34.0. The molecule has 0 aliphatic carbocycles. The highest BCUT2D eigenvalue weighted by Crippen LogP contribution is 2.41. The molecule has 0 aromatic heterocycles. The first-order valence-electron chi connectivity index (χ1n) is 18.1. The van der Waals surface area contributed by atoms with Crippen molar-refractivity contribution < 1.29 is 94.8 Å². The molecule has 0 atom stereocenters. The molecule has 5 aromatic carbocycles. The third-order valence-corrected chi connectivity index (χ3v) is 15.2. The molecule has 0 unspecified atom stereocenters. The van der Waals surface area contributed by atoms with E-state index in [2.05, 4.69) is 39.5 Å². The first kappa shape index (κ1) is 54.1. The Hall–Kier alpha value is -5.80. The maximum atomic E-state index is 13.0. The summed E-state index contributed by atoms with van der Waals surface area (Å²) in [5.41, 5.74) is -2.09. The Bertz CT molecular complexity index is 3720. The first-order chi connectivity index (χ1) is 31.7. The van der Waals surface area contributed by atoms with E-state index < -0.39 is 139 Å². The van der Waals surface area contributed by atoms with E-state index in [1.807, 2.05) is 0 Å². The Morgan fingerprint density at radius 2 is 1.10 bits per heavy atom. The van der Waals surface area contributed by atoms with E-state index in [-0.39, 0.29) is 38.3 Å². The van der Waals surface area contributed by atoms with E-state index in [4.69, 9.17) is 9.11 Å². The fourth-order valence-corrected chi connectivity index (χ4v) is 10.3. The molecule has 0 saturated heterocycles. The molecule has 0 aliphatic rings. The second kappa shape index (κ2) is 20.7. The number of benzene rings is 5. The molecule has 0 bridgehead atoms. The minimum absolute atomic E-state index is 0.00162. The van der Waals surface area contributed by atoms with Crippen molar-refractivity contribution in [3.05, 3.63) is 96.6 Å². The van der Waals surface area contributed by atoms with Crippen LogP contribution in [0.4, 0.5) is 34.1 Å². The fourth-order valence-electron chi connectivity index (χ4n) is 5.61. The van der Waals surface area contributed by atoms with Crippen LogP contribution in [0.2, 0.25) is 0 Å². The minimum atomic E-state index is -5.35. The van der Waals surface area contributed by atoms with E-state index in [9.17, 15) is 77.4 Å². The molecule has 5 aromatic rings. The first-order valence-corrected chi connectivity index (χ1v) is 28.7. The summed E-state index contributed by atoms with van der Waals surface area (Å²) < 4.78 is 222. The molecule has 7 N–H and O–H groups in total. The lowest BCUT2D eigenvalue weighted by atomic mass is 10.1. The molecule has 0 saturated carbocycles. The highest BCUT2D eigenvalue weighted by Gasteiger charge is 2.25. The number of rotatable bonds is 21. The number of hydrogen-bond donors (Lipinski definition) is 7. The molecule has 0 spiro atoms. The number of anilines is 2. The Morgan fingerprint density at radius 1 is 0.551 bits per heavy atom. The topological polar surface area (TPSA) is 449 Å². The second-order valence-corrected chi connectivity index (χ2v) is 24.2. The summed E-state index contributed by atoms with van der Waals surface area (Å²) in [6.45, 7) is -1.98. The lowest BCUT2D eigenvalue weighted by molar-refractivity contribution is 0.102. The van der Waals surface area contributed by atoms with Gasteiger partial charge in [-0.1, -0.05) is 12.1 Å². The number of sulfone groups is 2. The van der Waals surface area contributed by atoms with Gasteiger partial charge in [0.2, 0.25) is 0 Å². The van der Waals surface area contributed by atoms with Crippen molar-refractivity contribution in [1.82, 2.24) is 0 Å². The summed E-state index contributed by atoms with van der Waals surface area (Å²) in [5.74, 6) is -3.86. The Kier molecular flexibility index (Phi) is 16.2. The molecule has 0 heterocycles. The molecule has 0 radical (unpaired) electrons. The monoisotopic (exact) mass is 1100 g/mol. The number of hydrogen-bond acceptors (Lipinski definition) is 22. The van der Waals surface area contributed by atoms with Crippen LogP contribution in [0.5, 0.6) is 0 Å². The van der Waals surface area contributed by atoms with Gasteiger partial charge in [-0.3, -0.25) is 27.6 Å². The van der Waals surface area contributed by atoms with Crippen LogP contribution in [0.1, 0.15) is 10.4 Å². The van der Waals surface area contributed by atoms with Crippen molar-refractivity contribution in [2.75, 3.05) is 41.2 Å². The highest BCUT2D eigenvalue weighted by atomic mass is 32.3. The van der Waals surface area contributed by atoms with Gasteiger partial charge < -0.3 is 10.6 Å². The van der Waals surface area contributed by atoms with Crippen LogP contribution in [0.25, 0.3) is 10.8 Å². The van der Waals surface area contributed by atoms with Gasteiger partial charge in [0.05, 0.1) is 45.9 Å². The standard InChI is InChI=1S/C34H32N6O22S7/c41-34(36-24-2-1-3-25(17-24)63(42,43)14-12-61-68(55,56)57)21-4-7-23(8-5-21)37-39-30-16-22-6-10-29(35-20-65(46,47)48)33(27(22)19-32(30)67(52,53)54)40-38-28-11-9-26(18-31(28)66(49,50)51)64(44,45)15-13-62-69(58,59)60/h1-11,16-19,35H,12-15,20H2,(H,36,41)(H,46,47,48)(H,49,50,51)(H,52,53,54)(H,55,56,57)(H,58,59,60). The maximum absolute atomic E-state index is 13.0. The summed E-state index contributed by atoms with van der Waals surface area (Å²) in [5, 5.41) is 20.0. The number of fused-ring (bicyclic) bond motifs is 1. The number of carbonyl (C=O) groups excluding carboxylic acids is 1. The van der Waals surface area contributed by atoms with E-state index in [0.717, 1.165) is 36.4 Å². The van der Waals surface area contributed by atoms with Gasteiger partial charge >= 0.3 is 20.8 Å². The molecule has 0 aliphatic heterocycles. The molecule has 372 valence electrons. The average molecular weight is 1100 g/mol. The molecule has 35 heteroatoms. The average Bonchev–Trinajstić information content (AvgIpc) is 3.22. The Morgan fingerprint density at radius 3 is 1.65 bits per heavy atom. The largest absolute Gasteiger partial charge is 0.397 e. The number of nitrogens with one attached hydrogen (secondary N) is 2. The lowest BCUT2D eigenvalue weighted by Gasteiger charge is -2.13. The normalized spacial score (nSPS) is 13.3. The number of azo groups is 2. The van der Waals surface area contributed by atoms with Crippen LogP contribution in [0, 0.1) is 0 Å². The predicted octanol–water partition coefficient (Wildman–Crippen LogP) is 3.86. The molecule has 0 fully saturated rings. The van der Waals surface area contributed by atoms with Gasteiger partial charge in [0, 0.05) is 16.6 Å². The zero-order valence-electron chi connectivity index (χ0n) is 34.0.